The highest BCUT2D eigenvalue weighted by atomic mass is 35.5. The van der Waals surface area contributed by atoms with Crippen LogP contribution in [0.2, 0.25) is 5.02 Å². The average molecular weight is 427 g/mol. The summed E-state index contributed by atoms with van der Waals surface area (Å²) < 4.78 is 5.32. The van der Waals surface area contributed by atoms with Crippen molar-refractivity contribution in [3.63, 3.8) is 0 Å². The molecule has 158 valence electrons. The number of rotatable bonds is 6. The number of anilines is 1. The van der Waals surface area contributed by atoms with Crippen LogP contribution in [0.1, 0.15) is 24.5 Å². The van der Waals surface area contributed by atoms with E-state index in [9.17, 15) is 4.79 Å². The normalized spacial score (nSPS) is 16.3. The van der Waals surface area contributed by atoms with Crippen molar-refractivity contribution in [1.82, 2.24) is 9.80 Å². The van der Waals surface area contributed by atoms with Crippen molar-refractivity contribution in [3.05, 3.63) is 58.6 Å². The fourth-order valence-electron chi connectivity index (χ4n) is 3.66. The number of ether oxygens (including phenoxy) is 1. The predicted molar refractivity (Wildman–Crippen MR) is 119 cm³/mol. The van der Waals surface area contributed by atoms with Crippen LogP contribution in [0, 0.1) is 11.3 Å². The van der Waals surface area contributed by atoms with E-state index in [2.05, 4.69) is 21.2 Å². The summed E-state index contributed by atoms with van der Waals surface area (Å²) in [7, 11) is 1.57. The third-order valence-electron chi connectivity index (χ3n) is 5.46. The minimum Gasteiger partial charge on any atom is -0.495 e. The van der Waals surface area contributed by atoms with Crippen molar-refractivity contribution >= 4 is 23.2 Å². The lowest BCUT2D eigenvalue weighted by Gasteiger charge is -2.27. The molecule has 1 saturated heterocycles. The Hall–Kier alpha value is -2.59. The largest absolute Gasteiger partial charge is 0.495 e. The van der Waals surface area contributed by atoms with Gasteiger partial charge in [-0.1, -0.05) is 23.7 Å². The number of halogens is 1. The zero-order chi connectivity index (χ0) is 21.5. The van der Waals surface area contributed by atoms with E-state index in [-0.39, 0.29) is 11.9 Å². The Labute approximate surface area is 183 Å². The lowest BCUT2D eigenvalue weighted by Crippen LogP contribution is -2.43. The summed E-state index contributed by atoms with van der Waals surface area (Å²) in [5.41, 5.74) is 2.46. The van der Waals surface area contributed by atoms with Crippen LogP contribution in [-0.4, -0.2) is 55.0 Å². The van der Waals surface area contributed by atoms with E-state index in [4.69, 9.17) is 21.6 Å². The van der Waals surface area contributed by atoms with Crippen LogP contribution in [0.25, 0.3) is 0 Å². The number of benzene rings is 2. The molecule has 1 atom stereocenters. The van der Waals surface area contributed by atoms with Crippen LogP contribution < -0.4 is 10.1 Å². The highest BCUT2D eigenvalue weighted by Gasteiger charge is 2.25. The Balaban J connectivity index is 1.57. The lowest BCUT2D eigenvalue weighted by molar-refractivity contribution is -0.120. The van der Waals surface area contributed by atoms with Gasteiger partial charge in [-0.15, -0.1) is 0 Å². The fraction of sp³-hybridized carbons (Fsp3) is 0.391. The number of carbonyl (C=O) groups excluding carboxylic acids is 1. The number of hydrogen-bond acceptors (Lipinski definition) is 5. The highest BCUT2D eigenvalue weighted by Crippen LogP contribution is 2.28. The smallest absolute Gasteiger partial charge is 0.241 e. The van der Waals surface area contributed by atoms with Crippen molar-refractivity contribution in [2.75, 3.05) is 38.6 Å². The molecule has 0 aliphatic carbocycles. The zero-order valence-corrected chi connectivity index (χ0v) is 18.2. The number of amides is 1. The van der Waals surface area contributed by atoms with Crippen molar-refractivity contribution in [2.45, 2.75) is 25.9 Å². The van der Waals surface area contributed by atoms with Crippen LogP contribution in [0.4, 0.5) is 5.69 Å². The van der Waals surface area contributed by atoms with E-state index in [1.807, 2.05) is 31.2 Å². The molecule has 1 N–H and O–H groups in total. The van der Waals surface area contributed by atoms with Gasteiger partial charge < -0.3 is 10.1 Å². The molecule has 1 heterocycles. The van der Waals surface area contributed by atoms with Gasteiger partial charge in [0, 0.05) is 31.2 Å². The molecule has 0 radical (unpaired) electrons. The van der Waals surface area contributed by atoms with Gasteiger partial charge in [0.15, 0.2) is 0 Å². The topological polar surface area (TPSA) is 68.6 Å². The molecule has 1 amide bonds. The molecule has 1 fully saturated rings. The maximum atomic E-state index is 12.8. The molecule has 2 aromatic carbocycles. The fourth-order valence-corrected chi connectivity index (χ4v) is 3.83. The van der Waals surface area contributed by atoms with Gasteiger partial charge in [-0.3, -0.25) is 14.6 Å². The minimum absolute atomic E-state index is 0.0730. The number of nitriles is 1. The van der Waals surface area contributed by atoms with Crippen LogP contribution in [0.15, 0.2) is 42.5 Å². The molecule has 1 aliphatic heterocycles. The number of methoxy groups -OCH3 is 1. The molecule has 0 bridgehead atoms. The summed E-state index contributed by atoms with van der Waals surface area (Å²) in [5, 5.41) is 12.4. The summed E-state index contributed by atoms with van der Waals surface area (Å²) in [5.74, 6) is 0.514. The first kappa shape index (κ1) is 22.1. The van der Waals surface area contributed by atoms with Gasteiger partial charge in [0.05, 0.1) is 30.5 Å². The third kappa shape index (κ3) is 5.73. The van der Waals surface area contributed by atoms with Crippen LogP contribution in [0.3, 0.4) is 0 Å². The molecule has 3 rings (SSSR count). The Morgan fingerprint density at radius 3 is 2.67 bits per heavy atom. The number of carbonyl (C=O) groups is 1. The standard InChI is InChI=1S/C23H27ClN4O2/c1-17(23(29)26-21-14-20(24)8-9-22(21)30-2)28-11-3-10-27(12-13-28)16-19-6-4-18(15-25)5-7-19/h4-9,14,17H,3,10-13,16H2,1-2H3,(H,26,29). The van der Waals surface area contributed by atoms with Gasteiger partial charge in [0.2, 0.25) is 5.91 Å². The number of nitrogens with zero attached hydrogens (tertiary/aromatic N) is 3. The van der Waals surface area contributed by atoms with Crippen molar-refractivity contribution in [1.29, 1.82) is 5.26 Å². The number of nitrogens with one attached hydrogen (secondary N) is 1. The average Bonchev–Trinajstić information content (AvgIpc) is 2.99. The van der Waals surface area contributed by atoms with E-state index >= 15 is 0 Å². The molecule has 0 spiro atoms. The maximum Gasteiger partial charge on any atom is 0.241 e. The molecule has 6 nitrogen and oxygen atoms in total. The molecule has 1 unspecified atom stereocenters. The molecule has 7 heteroatoms. The summed E-state index contributed by atoms with van der Waals surface area (Å²) in [6, 6.07) is 14.8. The Morgan fingerprint density at radius 2 is 1.97 bits per heavy atom. The van der Waals surface area contributed by atoms with E-state index in [0.717, 1.165) is 39.1 Å². The van der Waals surface area contributed by atoms with Crippen LogP contribution in [0.5, 0.6) is 5.75 Å². The molecular formula is C23H27ClN4O2. The number of hydrogen-bond donors (Lipinski definition) is 1. The second-order valence-corrected chi connectivity index (χ2v) is 7.92. The molecule has 30 heavy (non-hydrogen) atoms. The lowest BCUT2D eigenvalue weighted by atomic mass is 10.1. The van der Waals surface area contributed by atoms with Gasteiger partial charge in [0.25, 0.3) is 0 Å². The van der Waals surface area contributed by atoms with Crippen LogP contribution >= 0.6 is 11.6 Å². The summed E-state index contributed by atoms with van der Waals surface area (Å²) in [4.78, 5) is 17.5. The SMILES string of the molecule is COc1ccc(Cl)cc1NC(=O)C(C)N1CCCN(Cc2ccc(C#N)cc2)CC1. The first-order valence-electron chi connectivity index (χ1n) is 10.1. The molecule has 1 aliphatic rings. The highest BCUT2D eigenvalue weighted by molar-refractivity contribution is 6.31. The Bertz CT molecular complexity index is 910. The van der Waals surface area contributed by atoms with E-state index in [1.54, 1.807) is 25.3 Å². The monoisotopic (exact) mass is 426 g/mol. The summed E-state index contributed by atoms with van der Waals surface area (Å²) >= 11 is 6.07. The molecule has 2 aromatic rings. The minimum atomic E-state index is -0.261. The third-order valence-corrected chi connectivity index (χ3v) is 5.69. The maximum absolute atomic E-state index is 12.8. The molecule has 0 aromatic heterocycles. The van der Waals surface area contributed by atoms with E-state index in [1.165, 1.54) is 5.56 Å². The Morgan fingerprint density at radius 1 is 1.20 bits per heavy atom. The van der Waals surface area contributed by atoms with Crippen LogP contribution in [-0.2, 0) is 11.3 Å². The first-order chi connectivity index (χ1) is 14.5. The summed E-state index contributed by atoms with van der Waals surface area (Å²) in [6.07, 6.45) is 0.994. The van der Waals surface area contributed by atoms with Gasteiger partial charge in [-0.05, 0) is 55.8 Å². The Kier molecular flexibility index (Phi) is 7.69. The van der Waals surface area contributed by atoms with Gasteiger partial charge in [0.1, 0.15) is 5.75 Å². The second kappa shape index (κ2) is 10.4. The van der Waals surface area contributed by atoms with E-state index < -0.39 is 0 Å². The second-order valence-electron chi connectivity index (χ2n) is 7.48. The quantitative estimate of drug-likeness (QED) is 0.761. The van der Waals surface area contributed by atoms with Gasteiger partial charge in [-0.25, -0.2) is 0 Å². The summed E-state index contributed by atoms with van der Waals surface area (Å²) in [6.45, 7) is 6.33. The zero-order valence-electron chi connectivity index (χ0n) is 17.4. The van der Waals surface area contributed by atoms with Crippen molar-refractivity contribution in [2.24, 2.45) is 0 Å². The molecule has 0 saturated carbocycles. The van der Waals surface area contributed by atoms with E-state index in [0.29, 0.717) is 22.0 Å². The molecular weight excluding hydrogens is 400 g/mol. The first-order valence-corrected chi connectivity index (χ1v) is 10.5. The van der Waals surface area contributed by atoms with Crippen molar-refractivity contribution < 1.29 is 9.53 Å². The van der Waals surface area contributed by atoms with Gasteiger partial charge >= 0.3 is 0 Å². The van der Waals surface area contributed by atoms with Gasteiger partial charge in [-0.2, -0.15) is 5.26 Å². The van der Waals surface area contributed by atoms with Crippen molar-refractivity contribution in [3.8, 4) is 11.8 Å². The predicted octanol–water partition coefficient (Wildman–Crippen LogP) is 3.76.